The Morgan fingerprint density at radius 2 is 1.76 bits per heavy atom. The van der Waals surface area contributed by atoms with E-state index >= 15 is 0 Å². The van der Waals surface area contributed by atoms with Crippen LogP contribution in [0.4, 0.5) is 0 Å². The number of hydrogen-bond donors (Lipinski definition) is 1. The normalized spacial score (nSPS) is 12.0. The quantitative estimate of drug-likeness (QED) is 0.392. The van der Waals surface area contributed by atoms with Crippen molar-refractivity contribution in [3.8, 4) is 17.1 Å². The third-order valence-electron chi connectivity index (χ3n) is 5.20. The Bertz CT molecular complexity index is 1210. The Labute approximate surface area is 197 Å². The average molecular weight is 459 g/mol. The Kier molecular flexibility index (Phi) is 7.14. The molecule has 4 aromatic rings. The minimum Gasteiger partial charge on any atom is -0.351 e. The molecule has 0 spiro atoms. The molecule has 1 amide bonds. The van der Waals surface area contributed by atoms with Crippen LogP contribution in [0.1, 0.15) is 25.0 Å². The van der Waals surface area contributed by atoms with Gasteiger partial charge in [-0.1, -0.05) is 49.9 Å². The number of amides is 1. The van der Waals surface area contributed by atoms with E-state index in [1.54, 1.807) is 24.8 Å². The van der Waals surface area contributed by atoms with E-state index in [9.17, 15) is 4.79 Å². The van der Waals surface area contributed by atoms with E-state index < -0.39 is 0 Å². The van der Waals surface area contributed by atoms with Crippen molar-refractivity contribution >= 4 is 17.7 Å². The van der Waals surface area contributed by atoms with Crippen molar-refractivity contribution in [1.29, 1.82) is 0 Å². The zero-order valence-electron chi connectivity index (χ0n) is 18.8. The minimum absolute atomic E-state index is 0.0406. The van der Waals surface area contributed by atoms with E-state index in [1.807, 2.05) is 60.9 Å². The Morgan fingerprint density at radius 3 is 2.42 bits per heavy atom. The number of benzene rings is 1. The smallest absolute Gasteiger partial charge is 0.234 e. The molecule has 0 bridgehead atoms. The van der Waals surface area contributed by atoms with Gasteiger partial charge in [-0.3, -0.25) is 19.3 Å². The van der Waals surface area contributed by atoms with Crippen molar-refractivity contribution < 1.29 is 4.79 Å². The summed E-state index contributed by atoms with van der Waals surface area (Å²) < 4.78 is 2.01. The number of hydrogen-bond acceptors (Lipinski definition) is 6. The van der Waals surface area contributed by atoms with Gasteiger partial charge in [-0.05, 0) is 48.2 Å². The summed E-state index contributed by atoms with van der Waals surface area (Å²) in [5, 5.41) is 12.3. The molecule has 168 valence electrons. The number of rotatable bonds is 8. The zero-order chi connectivity index (χ0) is 23.2. The van der Waals surface area contributed by atoms with Crippen LogP contribution in [0, 0.1) is 12.8 Å². The highest BCUT2D eigenvalue weighted by atomic mass is 32.2. The lowest BCUT2D eigenvalue weighted by Gasteiger charge is -2.20. The van der Waals surface area contributed by atoms with Gasteiger partial charge in [0.15, 0.2) is 11.0 Å². The largest absolute Gasteiger partial charge is 0.351 e. The average Bonchev–Trinajstić information content (AvgIpc) is 3.25. The van der Waals surface area contributed by atoms with E-state index in [-0.39, 0.29) is 17.1 Å². The third-order valence-corrected chi connectivity index (χ3v) is 6.68. The number of thioether (sulfide) groups is 1. The maximum absolute atomic E-state index is 13.1. The number of carbonyl (C=O) groups excluding carboxylic acids is 1. The van der Waals surface area contributed by atoms with Gasteiger partial charge in [0.1, 0.15) is 0 Å². The molecule has 0 saturated heterocycles. The Balaban J connectivity index is 1.66. The van der Waals surface area contributed by atoms with Crippen LogP contribution >= 0.6 is 11.8 Å². The number of pyridine rings is 2. The predicted molar refractivity (Wildman–Crippen MR) is 130 cm³/mol. The van der Waals surface area contributed by atoms with Crippen LogP contribution in [-0.2, 0) is 11.3 Å². The molecule has 0 radical (unpaired) electrons. The van der Waals surface area contributed by atoms with Gasteiger partial charge >= 0.3 is 0 Å². The van der Waals surface area contributed by atoms with E-state index in [0.29, 0.717) is 17.5 Å². The van der Waals surface area contributed by atoms with Crippen LogP contribution in [0.2, 0.25) is 0 Å². The van der Waals surface area contributed by atoms with Crippen LogP contribution in [0.3, 0.4) is 0 Å². The van der Waals surface area contributed by atoms with Crippen molar-refractivity contribution in [3.05, 3.63) is 84.4 Å². The monoisotopic (exact) mass is 458 g/mol. The molecule has 8 heteroatoms. The van der Waals surface area contributed by atoms with Crippen molar-refractivity contribution in [3.63, 3.8) is 0 Å². The zero-order valence-corrected chi connectivity index (χ0v) is 19.7. The molecule has 0 saturated carbocycles. The molecule has 1 aromatic carbocycles. The summed E-state index contributed by atoms with van der Waals surface area (Å²) in [4.78, 5) is 21.5. The van der Waals surface area contributed by atoms with Gasteiger partial charge in [0.25, 0.3) is 0 Å². The second-order valence-electron chi connectivity index (χ2n) is 8.03. The fourth-order valence-corrected chi connectivity index (χ4v) is 4.53. The molecule has 1 atom stereocenters. The first-order valence-corrected chi connectivity index (χ1v) is 11.7. The summed E-state index contributed by atoms with van der Waals surface area (Å²) in [5.74, 6) is 0.743. The third kappa shape index (κ3) is 5.28. The standard InChI is InChI=1S/C25H26N6OS/c1-17(2)22(24(32)28-15-19-9-6-12-26-14-19)33-25-30-29-23(20-10-7-13-27-16-20)31(25)21-11-5-4-8-18(21)3/h4-14,16-17,22H,15H2,1-3H3,(H,28,32). The number of carbonyl (C=O) groups is 1. The van der Waals surface area contributed by atoms with Gasteiger partial charge in [0.2, 0.25) is 5.91 Å². The Morgan fingerprint density at radius 1 is 1.00 bits per heavy atom. The van der Waals surface area contributed by atoms with Crippen molar-refractivity contribution in [2.24, 2.45) is 5.92 Å². The van der Waals surface area contributed by atoms with Gasteiger partial charge in [0, 0.05) is 36.9 Å². The van der Waals surface area contributed by atoms with E-state index in [4.69, 9.17) is 0 Å². The first-order valence-electron chi connectivity index (χ1n) is 10.8. The van der Waals surface area contributed by atoms with Crippen LogP contribution in [0.15, 0.2) is 78.5 Å². The maximum Gasteiger partial charge on any atom is 0.234 e. The van der Waals surface area contributed by atoms with Crippen LogP contribution in [-0.4, -0.2) is 35.9 Å². The lowest BCUT2D eigenvalue weighted by molar-refractivity contribution is -0.121. The molecule has 33 heavy (non-hydrogen) atoms. The van der Waals surface area contributed by atoms with Crippen LogP contribution in [0.5, 0.6) is 0 Å². The van der Waals surface area contributed by atoms with Gasteiger partial charge < -0.3 is 5.32 Å². The van der Waals surface area contributed by atoms with Crippen LogP contribution < -0.4 is 5.32 Å². The molecule has 0 aliphatic carbocycles. The fraction of sp³-hybridized carbons (Fsp3) is 0.240. The second-order valence-corrected chi connectivity index (χ2v) is 9.14. The summed E-state index contributed by atoms with van der Waals surface area (Å²) in [5.41, 5.74) is 3.89. The summed E-state index contributed by atoms with van der Waals surface area (Å²) in [6.45, 7) is 6.56. The molecule has 0 fully saturated rings. The van der Waals surface area contributed by atoms with Crippen molar-refractivity contribution in [2.45, 2.75) is 37.7 Å². The Hall–Kier alpha value is -3.52. The van der Waals surface area contributed by atoms with Gasteiger partial charge in [-0.25, -0.2) is 0 Å². The molecule has 3 heterocycles. The molecule has 1 N–H and O–H groups in total. The summed E-state index contributed by atoms with van der Waals surface area (Å²) in [7, 11) is 0. The van der Waals surface area contributed by atoms with Gasteiger partial charge in [-0.15, -0.1) is 10.2 Å². The molecule has 0 aliphatic heterocycles. The van der Waals surface area contributed by atoms with Crippen molar-refractivity contribution in [2.75, 3.05) is 0 Å². The minimum atomic E-state index is -0.338. The highest BCUT2D eigenvalue weighted by molar-refractivity contribution is 8.00. The summed E-state index contributed by atoms with van der Waals surface area (Å²) in [6, 6.07) is 15.7. The van der Waals surface area contributed by atoms with Crippen LogP contribution in [0.25, 0.3) is 17.1 Å². The second kappa shape index (κ2) is 10.4. The van der Waals surface area contributed by atoms with E-state index in [2.05, 4.69) is 38.5 Å². The van der Waals surface area contributed by atoms with E-state index in [1.165, 1.54) is 11.8 Å². The number of nitrogens with one attached hydrogen (secondary N) is 1. The van der Waals surface area contributed by atoms with Gasteiger partial charge in [0.05, 0.1) is 10.9 Å². The first kappa shape index (κ1) is 22.7. The number of aromatic nitrogens is 5. The first-order chi connectivity index (χ1) is 16.0. The van der Waals surface area contributed by atoms with Gasteiger partial charge in [-0.2, -0.15) is 0 Å². The molecule has 3 aromatic heterocycles. The molecule has 7 nitrogen and oxygen atoms in total. The fourth-order valence-electron chi connectivity index (χ4n) is 3.46. The predicted octanol–water partition coefficient (Wildman–Crippen LogP) is 4.47. The topological polar surface area (TPSA) is 85.6 Å². The highest BCUT2D eigenvalue weighted by Gasteiger charge is 2.28. The lowest BCUT2D eigenvalue weighted by atomic mass is 10.1. The van der Waals surface area contributed by atoms with E-state index in [0.717, 1.165) is 22.4 Å². The molecule has 1 unspecified atom stereocenters. The molecule has 0 aliphatic rings. The highest BCUT2D eigenvalue weighted by Crippen LogP contribution is 2.33. The molecular weight excluding hydrogens is 432 g/mol. The molecule has 4 rings (SSSR count). The molecular formula is C25H26N6OS. The lowest BCUT2D eigenvalue weighted by Crippen LogP contribution is -2.35. The summed E-state index contributed by atoms with van der Waals surface area (Å²) in [6.07, 6.45) is 6.98. The maximum atomic E-state index is 13.1. The number of aryl methyl sites for hydroxylation is 1. The number of para-hydroxylation sites is 1. The summed E-state index contributed by atoms with van der Waals surface area (Å²) >= 11 is 1.43. The number of nitrogens with zero attached hydrogens (tertiary/aromatic N) is 5. The van der Waals surface area contributed by atoms with Crippen molar-refractivity contribution in [1.82, 2.24) is 30.0 Å². The SMILES string of the molecule is Cc1ccccc1-n1c(SC(C(=O)NCc2cccnc2)C(C)C)nnc1-c1cccnc1.